The van der Waals surface area contributed by atoms with Crippen molar-refractivity contribution in [2.45, 2.75) is 0 Å². The fourth-order valence-corrected chi connectivity index (χ4v) is 2.06. The molecular formula is C17H12N. The Morgan fingerprint density at radius 1 is 0.722 bits per heavy atom. The molecule has 0 atom stereocenters. The number of pyridine rings is 1. The molecule has 3 rings (SSSR count). The van der Waals surface area contributed by atoms with E-state index in [2.05, 4.69) is 41.4 Å². The van der Waals surface area contributed by atoms with Crippen LogP contribution in [0.5, 0.6) is 0 Å². The van der Waals surface area contributed by atoms with Gasteiger partial charge in [-0.2, -0.15) is 0 Å². The monoisotopic (exact) mass is 230 g/mol. The molecule has 0 saturated heterocycles. The second-order valence-corrected chi connectivity index (χ2v) is 4.06. The van der Waals surface area contributed by atoms with E-state index in [1.165, 1.54) is 16.7 Å². The van der Waals surface area contributed by atoms with Crippen LogP contribution in [0.15, 0.2) is 73.1 Å². The third-order valence-electron chi connectivity index (χ3n) is 2.92. The summed E-state index contributed by atoms with van der Waals surface area (Å²) < 4.78 is 0. The highest BCUT2D eigenvalue weighted by Gasteiger charge is 2.05. The Labute approximate surface area is 107 Å². The van der Waals surface area contributed by atoms with Crippen molar-refractivity contribution in [2.75, 3.05) is 0 Å². The van der Waals surface area contributed by atoms with Crippen molar-refractivity contribution in [2.24, 2.45) is 0 Å². The largest absolute Gasteiger partial charge is 0.265 e. The van der Waals surface area contributed by atoms with Gasteiger partial charge in [0.1, 0.15) is 0 Å². The molecule has 0 spiro atoms. The zero-order chi connectivity index (χ0) is 12.2. The predicted molar refractivity (Wildman–Crippen MR) is 73.9 cm³/mol. The van der Waals surface area contributed by atoms with Gasteiger partial charge in [0.05, 0.1) is 0 Å². The first-order chi connectivity index (χ1) is 8.95. The van der Waals surface area contributed by atoms with Crippen LogP contribution in [-0.4, -0.2) is 4.98 Å². The molecule has 3 aromatic rings. The number of hydrogen-bond acceptors (Lipinski definition) is 1. The number of rotatable bonds is 2. The fourth-order valence-electron chi connectivity index (χ4n) is 2.06. The molecule has 1 heteroatoms. The number of aromatic nitrogens is 1. The molecule has 18 heavy (non-hydrogen) atoms. The van der Waals surface area contributed by atoms with E-state index in [0.29, 0.717) is 0 Å². The molecule has 0 aliphatic carbocycles. The van der Waals surface area contributed by atoms with E-state index in [1.807, 2.05) is 42.7 Å². The highest BCUT2D eigenvalue weighted by Crippen LogP contribution is 2.30. The van der Waals surface area contributed by atoms with Gasteiger partial charge in [-0.3, -0.25) is 4.98 Å². The first-order valence-electron chi connectivity index (χ1n) is 5.92. The van der Waals surface area contributed by atoms with Crippen molar-refractivity contribution in [3.05, 3.63) is 79.1 Å². The van der Waals surface area contributed by atoms with Gasteiger partial charge in [0.25, 0.3) is 0 Å². The standard InChI is InChI=1S/C17H12N/c1-2-6-14(7-3-1)16-8-4-5-9-17(16)15-10-12-18-13-11-15/h1-6,8-13H. The van der Waals surface area contributed by atoms with E-state index in [0.717, 1.165) is 5.56 Å². The van der Waals surface area contributed by atoms with Gasteiger partial charge in [0.2, 0.25) is 0 Å². The van der Waals surface area contributed by atoms with Gasteiger partial charge in [0, 0.05) is 12.4 Å². The van der Waals surface area contributed by atoms with E-state index in [-0.39, 0.29) is 0 Å². The Balaban J connectivity index is 2.18. The molecule has 2 aromatic carbocycles. The molecule has 0 aliphatic rings. The Morgan fingerprint density at radius 3 is 2.17 bits per heavy atom. The molecule has 0 unspecified atom stereocenters. The van der Waals surface area contributed by atoms with Crippen molar-refractivity contribution in [3.8, 4) is 22.3 Å². The van der Waals surface area contributed by atoms with Crippen molar-refractivity contribution in [3.63, 3.8) is 0 Å². The van der Waals surface area contributed by atoms with Crippen LogP contribution in [0.4, 0.5) is 0 Å². The molecule has 0 saturated carbocycles. The van der Waals surface area contributed by atoms with Crippen molar-refractivity contribution < 1.29 is 0 Å². The lowest BCUT2D eigenvalue weighted by atomic mass is 9.95. The molecule has 0 aliphatic heterocycles. The predicted octanol–water partition coefficient (Wildman–Crippen LogP) is 4.22. The quantitative estimate of drug-likeness (QED) is 0.642. The minimum Gasteiger partial charge on any atom is -0.265 e. The van der Waals surface area contributed by atoms with Crippen LogP contribution in [0.25, 0.3) is 22.3 Å². The summed E-state index contributed by atoms with van der Waals surface area (Å²) >= 11 is 0. The first-order valence-corrected chi connectivity index (χ1v) is 5.92. The lowest BCUT2D eigenvalue weighted by Crippen LogP contribution is -1.84. The maximum Gasteiger partial charge on any atom is 0.0273 e. The second kappa shape index (κ2) is 4.84. The zero-order valence-corrected chi connectivity index (χ0v) is 9.88. The summed E-state index contributed by atoms with van der Waals surface area (Å²) in [6, 6.07) is 23.8. The minimum atomic E-state index is 1.12. The van der Waals surface area contributed by atoms with Gasteiger partial charge in [-0.15, -0.1) is 0 Å². The highest BCUT2D eigenvalue weighted by molar-refractivity contribution is 5.82. The lowest BCUT2D eigenvalue weighted by molar-refractivity contribution is 1.33. The molecule has 1 nitrogen and oxygen atoms in total. The Kier molecular flexibility index (Phi) is 2.89. The van der Waals surface area contributed by atoms with Gasteiger partial charge in [-0.05, 0) is 40.5 Å². The lowest BCUT2D eigenvalue weighted by Gasteiger charge is -2.09. The van der Waals surface area contributed by atoms with Gasteiger partial charge in [-0.1, -0.05) is 48.5 Å². The zero-order valence-electron chi connectivity index (χ0n) is 9.88. The summed E-state index contributed by atoms with van der Waals surface area (Å²) in [5, 5.41) is 0. The average Bonchev–Trinajstić information content (AvgIpc) is 2.49. The fraction of sp³-hybridized carbons (Fsp3) is 0. The summed E-state index contributed by atoms with van der Waals surface area (Å²) in [5.41, 5.74) is 4.70. The van der Waals surface area contributed by atoms with Crippen LogP contribution in [0.3, 0.4) is 0 Å². The van der Waals surface area contributed by atoms with Crippen LogP contribution in [0.2, 0.25) is 0 Å². The number of hydrogen-bond donors (Lipinski definition) is 0. The summed E-state index contributed by atoms with van der Waals surface area (Å²) in [4.78, 5) is 4.07. The van der Waals surface area contributed by atoms with E-state index in [1.54, 1.807) is 0 Å². The average molecular weight is 230 g/mol. The molecule has 0 fully saturated rings. The van der Waals surface area contributed by atoms with E-state index < -0.39 is 0 Å². The smallest absolute Gasteiger partial charge is 0.0273 e. The van der Waals surface area contributed by atoms with Crippen molar-refractivity contribution in [1.82, 2.24) is 4.98 Å². The molecule has 0 N–H and O–H groups in total. The molecule has 0 amide bonds. The Bertz CT molecular complexity index is 572. The molecule has 1 heterocycles. The third-order valence-corrected chi connectivity index (χ3v) is 2.92. The Morgan fingerprint density at radius 2 is 1.44 bits per heavy atom. The van der Waals surface area contributed by atoms with Gasteiger partial charge in [-0.25, -0.2) is 0 Å². The normalized spacial score (nSPS) is 10.2. The van der Waals surface area contributed by atoms with Crippen LogP contribution in [-0.2, 0) is 0 Å². The number of nitrogens with zero attached hydrogens (tertiary/aromatic N) is 1. The molecule has 1 radical (unpaired) electrons. The van der Waals surface area contributed by atoms with Gasteiger partial charge in [0.15, 0.2) is 0 Å². The maximum absolute atomic E-state index is 4.07. The molecule has 85 valence electrons. The molecule has 0 bridgehead atoms. The minimum absolute atomic E-state index is 1.12. The summed E-state index contributed by atoms with van der Waals surface area (Å²) in [6.07, 6.45) is 3.64. The van der Waals surface area contributed by atoms with Crippen LogP contribution < -0.4 is 0 Å². The topological polar surface area (TPSA) is 12.9 Å². The highest BCUT2D eigenvalue weighted by atomic mass is 14.6. The van der Waals surface area contributed by atoms with E-state index >= 15 is 0 Å². The third kappa shape index (κ3) is 2.03. The van der Waals surface area contributed by atoms with Crippen LogP contribution in [0.1, 0.15) is 0 Å². The van der Waals surface area contributed by atoms with Crippen LogP contribution in [0, 0.1) is 6.07 Å². The first kappa shape index (κ1) is 10.7. The summed E-state index contributed by atoms with van der Waals surface area (Å²) in [7, 11) is 0. The maximum atomic E-state index is 4.07. The number of benzene rings is 2. The molecule has 1 aromatic heterocycles. The SMILES string of the molecule is [c]1ccccc1-c1ccccc1-c1ccncc1. The van der Waals surface area contributed by atoms with Gasteiger partial charge < -0.3 is 0 Å². The van der Waals surface area contributed by atoms with E-state index in [9.17, 15) is 0 Å². The summed E-state index contributed by atoms with van der Waals surface area (Å²) in [6.45, 7) is 0. The van der Waals surface area contributed by atoms with Crippen molar-refractivity contribution in [1.29, 1.82) is 0 Å². The second-order valence-electron chi connectivity index (χ2n) is 4.06. The summed E-state index contributed by atoms with van der Waals surface area (Å²) in [5.74, 6) is 0. The van der Waals surface area contributed by atoms with Crippen LogP contribution >= 0.6 is 0 Å². The molecular weight excluding hydrogens is 218 g/mol. The Hall–Kier alpha value is -2.41. The van der Waals surface area contributed by atoms with Crippen molar-refractivity contribution >= 4 is 0 Å². The van der Waals surface area contributed by atoms with Gasteiger partial charge >= 0.3 is 0 Å². The van der Waals surface area contributed by atoms with E-state index in [4.69, 9.17) is 0 Å².